The van der Waals surface area contributed by atoms with Crippen LogP contribution in [0, 0.1) is 34.4 Å². The van der Waals surface area contributed by atoms with Crippen LogP contribution >= 0.6 is 11.6 Å². The Labute approximate surface area is 116 Å². The van der Waals surface area contributed by atoms with E-state index in [-0.39, 0.29) is 16.5 Å². The molecule has 0 radical (unpaired) electrons. The molecule has 2 saturated carbocycles. The largest absolute Gasteiger partial charge is 0.387 e. The number of fused-ring (bicyclic) bond motifs is 2. The molecule has 4 atom stereocenters. The smallest absolute Gasteiger partial charge is 0.130 e. The molecule has 19 heavy (non-hydrogen) atoms. The summed E-state index contributed by atoms with van der Waals surface area (Å²) in [4.78, 5) is 0. The number of benzene rings is 1. The van der Waals surface area contributed by atoms with Gasteiger partial charge in [-0.3, -0.25) is 0 Å². The lowest BCUT2D eigenvalue weighted by molar-refractivity contribution is 0.0209. The minimum Gasteiger partial charge on any atom is -0.387 e. The Kier molecular flexibility index (Phi) is 3.03. The van der Waals surface area contributed by atoms with E-state index in [1.807, 2.05) is 0 Å². The Bertz CT molecular complexity index is 535. The summed E-state index contributed by atoms with van der Waals surface area (Å²) in [5.41, 5.74) is -0.785. The van der Waals surface area contributed by atoms with Crippen molar-refractivity contribution in [3.63, 3.8) is 0 Å². The first-order valence-corrected chi connectivity index (χ1v) is 6.99. The Morgan fingerprint density at radius 3 is 2.79 bits per heavy atom. The molecule has 1 aromatic rings. The summed E-state index contributed by atoms with van der Waals surface area (Å²) in [6.45, 7) is 0. The second-order valence-electron chi connectivity index (χ2n) is 5.77. The Morgan fingerprint density at radius 1 is 1.47 bits per heavy atom. The van der Waals surface area contributed by atoms with Gasteiger partial charge in [0.2, 0.25) is 0 Å². The predicted octanol–water partition coefficient (Wildman–Crippen LogP) is 3.84. The van der Waals surface area contributed by atoms with Crippen LogP contribution in [-0.4, -0.2) is 5.11 Å². The van der Waals surface area contributed by atoms with Crippen molar-refractivity contribution in [2.75, 3.05) is 0 Å². The molecule has 4 unspecified atom stereocenters. The quantitative estimate of drug-likeness (QED) is 0.894. The number of nitrogens with zero attached hydrogens (tertiary/aromatic N) is 1. The van der Waals surface area contributed by atoms with E-state index >= 15 is 0 Å². The van der Waals surface area contributed by atoms with Crippen LogP contribution in [0.4, 0.5) is 4.39 Å². The molecule has 0 aromatic heterocycles. The van der Waals surface area contributed by atoms with Crippen LogP contribution in [-0.2, 0) is 0 Å². The fourth-order valence-corrected chi connectivity index (χ4v) is 4.20. The molecule has 2 bridgehead atoms. The maximum atomic E-state index is 13.9. The number of aliphatic hydroxyl groups is 1. The van der Waals surface area contributed by atoms with Gasteiger partial charge in [0.1, 0.15) is 11.9 Å². The first-order valence-electron chi connectivity index (χ1n) is 6.61. The van der Waals surface area contributed by atoms with Gasteiger partial charge in [0.05, 0.1) is 11.5 Å². The highest BCUT2D eigenvalue weighted by molar-refractivity contribution is 6.31. The number of nitriles is 1. The molecule has 2 fully saturated rings. The highest BCUT2D eigenvalue weighted by atomic mass is 35.5. The van der Waals surface area contributed by atoms with Gasteiger partial charge in [-0.15, -0.1) is 0 Å². The molecule has 100 valence electrons. The van der Waals surface area contributed by atoms with Gasteiger partial charge >= 0.3 is 0 Å². The molecule has 1 N–H and O–H groups in total. The van der Waals surface area contributed by atoms with Crippen molar-refractivity contribution in [3.05, 3.63) is 34.6 Å². The van der Waals surface area contributed by atoms with Crippen molar-refractivity contribution in [1.29, 1.82) is 5.26 Å². The van der Waals surface area contributed by atoms with E-state index in [4.69, 9.17) is 11.6 Å². The summed E-state index contributed by atoms with van der Waals surface area (Å²) in [5, 5.41) is 20.4. The van der Waals surface area contributed by atoms with Gasteiger partial charge in [0, 0.05) is 10.6 Å². The molecule has 1 aromatic carbocycles. The highest BCUT2D eigenvalue weighted by Crippen LogP contribution is 2.61. The molecular formula is C15H15ClFNO. The average Bonchev–Trinajstić information content (AvgIpc) is 2.99. The van der Waals surface area contributed by atoms with E-state index in [0.29, 0.717) is 12.3 Å². The Morgan fingerprint density at radius 2 is 2.26 bits per heavy atom. The van der Waals surface area contributed by atoms with E-state index in [2.05, 4.69) is 6.07 Å². The third-order valence-corrected chi connectivity index (χ3v) is 5.19. The predicted molar refractivity (Wildman–Crippen MR) is 69.9 cm³/mol. The molecule has 0 spiro atoms. The molecule has 4 heteroatoms. The van der Waals surface area contributed by atoms with Crippen LogP contribution in [0.2, 0.25) is 5.02 Å². The zero-order valence-electron chi connectivity index (χ0n) is 10.4. The molecule has 2 nitrogen and oxygen atoms in total. The van der Waals surface area contributed by atoms with Crippen molar-refractivity contribution in [3.8, 4) is 6.07 Å². The van der Waals surface area contributed by atoms with Crippen LogP contribution in [0.5, 0.6) is 0 Å². The average molecular weight is 280 g/mol. The molecule has 0 saturated heterocycles. The maximum Gasteiger partial charge on any atom is 0.130 e. The summed E-state index contributed by atoms with van der Waals surface area (Å²) in [6, 6.07) is 6.63. The van der Waals surface area contributed by atoms with Gasteiger partial charge in [0.25, 0.3) is 0 Å². The van der Waals surface area contributed by atoms with Crippen molar-refractivity contribution < 1.29 is 9.50 Å². The number of aliphatic hydroxyl groups excluding tert-OH is 1. The lowest BCUT2D eigenvalue weighted by atomic mass is 9.68. The normalized spacial score (nSPS) is 34.2. The van der Waals surface area contributed by atoms with Crippen LogP contribution in [0.15, 0.2) is 18.2 Å². The van der Waals surface area contributed by atoms with Gasteiger partial charge in [-0.25, -0.2) is 4.39 Å². The van der Waals surface area contributed by atoms with Crippen LogP contribution in [0.1, 0.15) is 37.4 Å². The van der Waals surface area contributed by atoms with Gasteiger partial charge in [-0.05, 0) is 43.2 Å². The van der Waals surface area contributed by atoms with Crippen LogP contribution in [0.25, 0.3) is 0 Å². The van der Waals surface area contributed by atoms with Crippen molar-refractivity contribution >= 4 is 11.6 Å². The summed E-state index contributed by atoms with van der Waals surface area (Å²) in [7, 11) is 0. The fraction of sp³-hybridized carbons (Fsp3) is 0.533. The molecule has 2 aliphatic carbocycles. The minimum atomic E-state index is -1.14. The Balaban J connectivity index is 2.04. The van der Waals surface area contributed by atoms with E-state index in [0.717, 1.165) is 19.3 Å². The number of hydrogen-bond donors (Lipinski definition) is 1. The number of rotatable bonds is 2. The van der Waals surface area contributed by atoms with Crippen LogP contribution in [0.3, 0.4) is 0 Å². The van der Waals surface area contributed by atoms with E-state index in [9.17, 15) is 14.8 Å². The zero-order chi connectivity index (χ0) is 13.6. The number of hydrogen-bond acceptors (Lipinski definition) is 2. The minimum absolute atomic E-state index is 0.0817. The van der Waals surface area contributed by atoms with Crippen molar-refractivity contribution in [2.45, 2.75) is 31.8 Å². The Hall–Kier alpha value is -1.11. The van der Waals surface area contributed by atoms with Gasteiger partial charge in [-0.2, -0.15) is 5.26 Å². The van der Waals surface area contributed by atoms with Crippen molar-refractivity contribution in [1.82, 2.24) is 0 Å². The van der Waals surface area contributed by atoms with Gasteiger partial charge < -0.3 is 5.11 Å². The molecule has 2 aliphatic rings. The van der Waals surface area contributed by atoms with Gasteiger partial charge in [0.15, 0.2) is 0 Å². The molecule has 3 rings (SSSR count). The second kappa shape index (κ2) is 4.47. The third kappa shape index (κ3) is 1.78. The highest BCUT2D eigenvalue weighted by Gasteiger charge is 2.56. The summed E-state index contributed by atoms with van der Waals surface area (Å²) < 4.78 is 13.9. The third-order valence-electron chi connectivity index (χ3n) is 4.87. The SMILES string of the molecule is N#CC1(C(O)c2c(F)cccc2Cl)CC2CCC1C2. The fourth-order valence-electron chi connectivity index (χ4n) is 3.94. The topological polar surface area (TPSA) is 44.0 Å². The lowest BCUT2D eigenvalue weighted by Crippen LogP contribution is -2.33. The van der Waals surface area contributed by atoms with E-state index in [1.165, 1.54) is 12.1 Å². The lowest BCUT2D eigenvalue weighted by Gasteiger charge is -2.36. The standard InChI is InChI=1S/C15H15ClFNO/c16-11-2-1-3-12(17)13(11)14(19)15(8-18)7-9-4-5-10(15)6-9/h1-3,9-10,14,19H,4-7H2. The second-order valence-corrected chi connectivity index (χ2v) is 6.18. The summed E-state index contributed by atoms with van der Waals surface area (Å²) in [6.07, 6.45) is 2.55. The van der Waals surface area contributed by atoms with Crippen molar-refractivity contribution in [2.24, 2.45) is 17.3 Å². The molecule has 0 aliphatic heterocycles. The molecular weight excluding hydrogens is 265 g/mol. The molecule has 0 heterocycles. The van der Waals surface area contributed by atoms with E-state index < -0.39 is 17.3 Å². The van der Waals surface area contributed by atoms with E-state index in [1.54, 1.807) is 6.07 Å². The van der Waals surface area contributed by atoms with Crippen LogP contribution < -0.4 is 0 Å². The maximum absolute atomic E-state index is 13.9. The first-order chi connectivity index (χ1) is 9.08. The first kappa shape index (κ1) is 12.9. The summed E-state index contributed by atoms with van der Waals surface area (Å²) >= 11 is 6.01. The van der Waals surface area contributed by atoms with Gasteiger partial charge in [-0.1, -0.05) is 24.1 Å². The number of halogens is 2. The summed E-state index contributed by atoms with van der Waals surface area (Å²) in [5.74, 6) is 0.121. The molecule has 0 amide bonds. The zero-order valence-corrected chi connectivity index (χ0v) is 11.2. The monoisotopic (exact) mass is 279 g/mol.